The summed E-state index contributed by atoms with van der Waals surface area (Å²) in [5, 5.41) is 9.02. The first kappa shape index (κ1) is 10.3. The van der Waals surface area contributed by atoms with E-state index in [0.717, 1.165) is 24.8 Å². The fourth-order valence-electron chi connectivity index (χ4n) is 2.39. The van der Waals surface area contributed by atoms with E-state index in [9.17, 15) is 4.79 Å². The lowest BCUT2D eigenvalue weighted by Gasteiger charge is -2.27. The molecule has 0 aromatic rings. The van der Waals surface area contributed by atoms with Gasteiger partial charge in [0, 0.05) is 5.57 Å². The van der Waals surface area contributed by atoms with Crippen LogP contribution in [0.3, 0.4) is 0 Å². The predicted molar refractivity (Wildman–Crippen MR) is 52.5 cm³/mol. The van der Waals surface area contributed by atoms with E-state index in [0.29, 0.717) is 17.4 Å². The molecule has 1 rings (SSSR count). The molecule has 0 saturated heterocycles. The third kappa shape index (κ3) is 2.11. The summed E-state index contributed by atoms with van der Waals surface area (Å²) in [5.41, 5.74) is 1.83. The first-order valence-electron chi connectivity index (χ1n) is 5.01. The van der Waals surface area contributed by atoms with E-state index < -0.39 is 5.97 Å². The van der Waals surface area contributed by atoms with Crippen LogP contribution in [0.5, 0.6) is 0 Å². The Morgan fingerprint density at radius 1 is 1.54 bits per heavy atom. The summed E-state index contributed by atoms with van der Waals surface area (Å²) >= 11 is 0. The summed E-state index contributed by atoms with van der Waals surface area (Å²) in [5.74, 6) is 0.270. The first-order chi connectivity index (χ1) is 6.06. The second-order valence-corrected chi connectivity index (χ2v) is 4.11. The zero-order valence-electron chi connectivity index (χ0n) is 8.63. The molecular weight excluding hydrogens is 164 g/mol. The SMILES string of the molecule is CCC1=C(C(=O)O)CC(C)CC1C. The molecule has 2 atom stereocenters. The highest BCUT2D eigenvalue weighted by Crippen LogP contribution is 2.35. The van der Waals surface area contributed by atoms with Gasteiger partial charge in [-0.05, 0) is 31.1 Å². The van der Waals surface area contributed by atoms with Crippen LogP contribution in [0.15, 0.2) is 11.1 Å². The predicted octanol–water partition coefficient (Wildman–Crippen LogP) is 2.84. The molecule has 2 heteroatoms. The minimum Gasteiger partial charge on any atom is -0.478 e. The lowest BCUT2D eigenvalue weighted by atomic mass is 9.77. The Kier molecular flexibility index (Phi) is 3.12. The van der Waals surface area contributed by atoms with Crippen molar-refractivity contribution in [3.63, 3.8) is 0 Å². The highest BCUT2D eigenvalue weighted by atomic mass is 16.4. The van der Waals surface area contributed by atoms with Gasteiger partial charge in [-0.15, -0.1) is 0 Å². The van der Waals surface area contributed by atoms with Crippen LogP contribution in [-0.2, 0) is 4.79 Å². The Morgan fingerprint density at radius 2 is 2.15 bits per heavy atom. The number of hydrogen-bond acceptors (Lipinski definition) is 1. The average molecular weight is 182 g/mol. The standard InChI is InChI=1S/C11H18O2/c1-4-9-8(3)5-7(2)6-10(9)11(12)13/h7-8H,4-6H2,1-3H3,(H,12,13). The topological polar surface area (TPSA) is 37.3 Å². The molecule has 0 radical (unpaired) electrons. The summed E-state index contributed by atoms with van der Waals surface area (Å²) in [7, 11) is 0. The molecule has 0 spiro atoms. The number of aliphatic carboxylic acids is 1. The second kappa shape index (κ2) is 3.95. The molecule has 0 aromatic heterocycles. The number of carboxylic acids is 1. The molecule has 1 N–H and O–H groups in total. The van der Waals surface area contributed by atoms with Crippen molar-refractivity contribution in [3.05, 3.63) is 11.1 Å². The van der Waals surface area contributed by atoms with Gasteiger partial charge in [-0.25, -0.2) is 4.79 Å². The molecule has 0 amide bonds. The molecule has 2 unspecified atom stereocenters. The van der Waals surface area contributed by atoms with Crippen molar-refractivity contribution in [2.24, 2.45) is 11.8 Å². The summed E-state index contributed by atoms with van der Waals surface area (Å²) in [4.78, 5) is 11.0. The largest absolute Gasteiger partial charge is 0.478 e. The highest BCUT2D eigenvalue weighted by molar-refractivity contribution is 5.87. The fourth-order valence-corrected chi connectivity index (χ4v) is 2.39. The summed E-state index contributed by atoms with van der Waals surface area (Å²) in [6.45, 7) is 6.31. The van der Waals surface area contributed by atoms with Gasteiger partial charge in [-0.2, -0.15) is 0 Å². The van der Waals surface area contributed by atoms with Crippen LogP contribution in [0.2, 0.25) is 0 Å². The van der Waals surface area contributed by atoms with E-state index in [4.69, 9.17) is 5.11 Å². The van der Waals surface area contributed by atoms with Crippen LogP contribution in [0.4, 0.5) is 0 Å². The molecule has 0 heterocycles. The maximum atomic E-state index is 11.0. The molecule has 0 bridgehead atoms. The van der Waals surface area contributed by atoms with Gasteiger partial charge in [-0.1, -0.05) is 26.3 Å². The molecule has 0 fully saturated rings. The molecule has 0 aliphatic heterocycles. The van der Waals surface area contributed by atoms with Crippen LogP contribution in [0.25, 0.3) is 0 Å². The van der Waals surface area contributed by atoms with Crippen molar-refractivity contribution >= 4 is 5.97 Å². The molecule has 74 valence electrons. The number of rotatable bonds is 2. The van der Waals surface area contributed by atoms with Crippen molar-refractivity contribution in [2.45, 2.75) is 40.0 Å². The fraction of sp³-hybridized carbons (Fsp3) is 0.727. The Bertz CT molecular complexity index is 240. The Labute approximate surface area is 79.6 Å². The van der Waals surface area contributed by atoms with Gasteiger partial charge in [0.2, 0.25) is 0 Å². The Hall–Kier alpha value is -0.790. The Balaban J connectivity index is 2.98. The minimum absolute atomic E-state index is 0.458. The van der Waals surface area contributed by atoms with Gasteiger partial charge in [0.15, 0.2) is 0 Å². The lowest BCUT2D eigenvalue weighted by molar-refractivity contribution is -0.133. The number of carbonyl (C=O) groups is 1. The molecule has 13 heavy (non-hydrogen) atoms. The van der Waals surface area contributed by atoms with E-state index in [1.165, 1.54) is 0 Å². The monoisotopic (exact) mass is 182 g/mol. The summed E-state index contributed by atoms with van der Waals surface area (Å²) in [6, 6.07) is 0. The third-order valence-electron chi connectivity index (χ3n) is 2.93. The van der Waals surface area contributed by atoms with Gasteiger partial charge in [0.25, 0.3) is 0 Å². The van der Waals surface area contributed by atoms with Gasteiger partial charge in [0.1, 0.15) is 0 Å². The van der Waals surface area contributed by atoms with Crippen LogP contribution < -0.4 is 0 Å². The molecule has 2 nitrogen and oxygen atoms in total. The van der Waals surface area contributed by atoms with Gasteiger partial charge < -0.3 is 5.11 Å². The second-order valence-electron chi connectivity index (χ2n) is 4.11. The Morgan fingerprint density at radius 3 is 2.62 bits per heavy atom. The van der Waals surface area contributed by atoms with E-state index in [-0.39, 0.29) is 0 Å². The van der Waals surface area contributed by atoms with Crippen LogP contribution in [0.1, 0.15) is 40.0 Å². The van der Waals surface area contributed by atoms with E-state index >= 15 is 0 Å². The third-order valence-corrected chi connectivity index (χ3v) is 2.93. The quantitative estimate of drug-likeness (QED) is 0.713. The highest BCUT2D eigenvalue weighted by Gasteiger charge is 2.26. The van der Waals surface area contributed by atoms with E-state index in [1.807, 2.05) is 6.92 Å². The molecule has 0 aromatic carbocycles. The normalized spacial score (nSPS) is 29.2. The van der Waals surface area contributed by atoms with Gasteiger partial charge >= 0.3 is 5.97 Å². The van der Waals surface area contributed by atoms with E-state index in [1.54, 1.807) is 0 Å². The van der Waals surface area contributed by atoms with Crippen LogP contribution in [-0.4, -0.2) is 11.1 Å². The van der Waals surface area contributed by atoms with E-state index in [2.05, 4.69) is 13.8 Å². The zero-order chi connectivity index (χ0) is 10.0. The number of hydrogen-bond donors (Lipinski definition) is 1. The smallest absolute Gasteiger partial charge is 0.331 e. The average Bonchev–Trinajstić information content (AvgIpc) is 2.02. The van der Waals surface area contributed by atoms with Crippen molar-refractivity contribution < 1.29 is 9.90 Å². The minimum atomic E-state index is -0.713. The molecule has 0 saturated carbocycles. The first-order valence-corrected chi connectivity index (χ1v) is 5.01. The maximum Gasteiger partial charge on any atom is 0.331 e. The van der Waals surface area contributed by atoms with Crippen molar-refractivity contribution in [1.29, 1.82) is 0 Å². The lowest BCUT2D eigenvalue weighted by Crippen LogP contribution is -2.19. The van der Waals surface area contributed by atoms with Crippen LogP contribution >= 0.6 is 0 Å². The number of allylic oxidation sites excluding steroid dienone is 1. The summed E-state index contributed by atoms with van der Waals surface area (Å²) < 4.78 is 0. The van der Waals surface area contributed by atoms with Gasteiger partial charge in [0.05, 0.1) is 0 Å². The molecular formula is C11H18O2. The number of carboxylic acid groups (broad SMARTS) is 1. The van der Waals surface area contributed by atoms with Crippen molar-refractivity contribution in [1.82, 2.24) is 0 Å². The van der Waals surface area contributed by atoms with Crippen molar-refractivity contribution in [3.8, 4) is 0 Å². The molecule has 1 aliphatic carbocycles. The molecule has 1 aliphatic rings. The summed E-state index contributed by atoms with van der Waals surface area (Å²) in [6.07, 6.45) is 2.78. The van der Waals surface area contributed by atoms with Crippen LogP contribution in [0, 0.1) is 11.8 Å². The van der Waals surface area contributed by atoms with Crippen molar-refractivity contribution in [2.75, 3.05) is 0 Å². The zero-order valence-corrected chi connectivity index (χ0v) is 8.63. The maximum absolute atomic E-state index is 11.0. The van der Waals surface area contributed by atoms with Gasteiger partial charge in [-0.3, -0.25) is 0 Å².